The summed E-state index contributed by atoms with van der Waals surface area (Å²) in [6.45, 7) is 12.0. The summed E-state index contributed by atoms with van der Waals surface area (Å²) >= 11 is 0. The molecule has 0 aliphatic carbocycles. The van der Waals surface area contributed by atoms with E-state index in [0.717, 1.165) is 11.3 Å². The SMILES string of the molecule is Cc1cc(C(C)(C)C)ccc1N(C)C(C)(C)C(=O)O. The van der Waals surface area contributed by atoms with Gasteiger partial charge in [-0.15, -0.1) is 0 Å². The van der Waals surface area contributed by atoms with Crippen LogP contribution in [-0.2, 0) is 10.2 Å². The number of benzene rings is 1. The summed E-state index contributed by atoms with van der Waals surface area (Å²) in [5.74, 6) is -0.825. The van der Waals surface area contributed by atoms with Crippen molar-refractivity contribution >= 4 is 11.7 Å². The molecule has 1 rings (SSSR count). The predicted molar refractivity (Wildman–Crippen MR) is 80.0 cm³/mol. The lowest BCUT2D eigenvalue weighted by Crippen LogP contribution is -2.48. The van der Waals surface area contributed by atoms with E-state index >= 15 is 0 Å². The predicted octanol–water partition coefficient (Wildman–Crippen LogP) is 3.59. The molecule has 0 saturated carbocycles. The molecule has 1 aromatic carbocycles. The second kappa shape index (κ2) is 4.87. The first-order valence-electron chi connectivity index (χ1n) is 6.56. The zero-order valence-corrected chi connectivity index (χ0v) is 13.0. The third-order valence-electron chi connectivity index (χ3n) is 3.79. The molecule has 0 aromatic heterocycles. The van der Waals surface area contributed by atoms with Crippen LogP contribution in [0.3, 0.4) is 0 Å². The zero-order chi connectivity index (χ0) is 15.0. The fourth-order valence-electron chi connectivity index (χ4n) is 1.94. The molecule has 0 aliphatic rings. The molecule has 0 saturated heterocycles. The summed E-state index contributed by atoms with van der Waals surface area (Å²) in [4.78, 5) is 13.1. The Hall–Kier alpha value is -1.51. The Morgan fingerprint density at radius 1 is 1.16 bits per heavy atom. The van der Waals surface area contributed by atoms with Gasteiger partial charge in [0.2, 0.25) is 0 Å². The van der Waals surface area contributed by atoms with Gasteiger partial charge in [-0.2, -0.15) is 0 Å². The van der Waals surface area contributed by atoms with E-state index in [2.05, 4.69) is 32.9 Å². The number of rotatable bonds is 3. The molecule has 0 spiro atoms. The van der Waals surface area contributed by atoms with Gasteiger partial charge in [-0.1, -0.05) is 32.9 Å². The maximum absolute atomic E-state index is 11.3. The Kier molecular flexibility index (Phi) is 3.99. The minimum absolute atomic E-state index is 0.101. The molecule has 19 heavy (non-hydrogen) atoms. The van der Waals surface area contributed by atoms with Crippen molar-refractivity contribution in [2.75, 3.05) is 11.9 Å². The van der Waals surface area contributed by atoms with Crippen LogP contribution < -0.4 is 4.90 Å². The van der Waals surface area contributed by atoms with E-state index < -0.39 is 11.5 Å². The van der Waals surface area contributed by atoms with Crippen LogP contribution in [0.15, 0.2) is 18.2 Å². The highest BCUT2D eigenvalue weighted by atomic mass is 16.4. The largest absolute Gasteiger partial charge is 0.480 e. The average molecular weight is 263 g/mol. The lowest BCUT2D eigenvalue weighted by molar-refractivity contribution is -0.142. The van der Waals surface area contributed by atoms with Crippen LogP contribution in [0.5, 0.6) is 0 Å². The van der Waals surface area contributed by atoms with Crippen molar-refractivity contribution in [3.8, 4) is 0 Å². The van der Waals surface area contributed by atoms with Crippen molar-refractivity contribution in [1.82, 2.24) is 0 Å². The number of carbonyl (C=O) groups is 1. The Morgan fingerprint density at radius 2 is 1.68 bits per heavy atom. The van der Waals surface area contributed by atoms with E-state index in [9.17, 15) is 9.90 Å². The van der Waals surface area contributed by atoms with Gasteiger partial charge in [0, 0.05) is 12.7 Å². The standard InChI is InChI=1S/C16H25NO2/c1-11-10-12(15(2,3)4)8-9-13(11)17(7)16(5,6)14(18)19/h8-10H,1-7H3,(H,18,19). The van der Waals surface area contributed by atoms with Crippen LogP contribution in [0, 0.1) is 6.92 Å². The molecule has 0 bridgehead atoms. The van der Waals surface area contributed by atoms with Gasteiger partial charge in [-0.25, -0.2) is 4.79 Å². The van der Waals surface area contributed by atoms with Crippen molar-refractivity contribution in [2.45, 2.75) is 52.5 Å². The number of aryl methyl sites for hydroxylation is 1. The van der Waals surface area contributed by atoms with Crippen molar-refractivity contribution in [1.29, 1.82) is 0 Å². The number of likely N-dealkylation sites (N-methyl/N-ethyl adjacent to an activating group) is 1. The maximum Gasteiger partial charge on any atom is 0.328 e. The first-order chi connectivity index (χ1) is 8.48. The summed E-state index contributed by atoms with van der Waals surface area (Å²) in [5, 5.41) is 9.31. The molecule has 0 fully saturated rings. The molecule has 1 N–H and O–H groups in total. The highest BCUT2D eigenvalue weighted by Gasteiger charge is 2.33. The lowest BCUT2D eigenvalue weighted by atomic mass is 9.85. The van der Waals surface area contributed by atoms with Crippen molar-refractivity contribution in [3.05, 3.63) is 29.3 Å². The first-order valence-corrected chi connectivity index (χ1v) is 6.56. The van der Waals surface area contributed by atoms with Crippen LogP contribution in [0.25, 0.3) is 0 Å². The Bertz CT molecular complexity index is 484. The van der Waals surface area contributed by atoms with E-state index in [-0.39, 0.29) is 5.41 Å². The van der Waals surface area contributed by atoms with Gasteiger partial charge in [0.15, 0.2) is 0 Å². The number of carboxylic acid groups (broad SMARTS) is 1. The Labute approximate surface area is 116 Å². The number of hydrogen-bond acceptors (Lipinski definition) is 2. The Balaban J connectivity index is 3.21. The third-order valence-corrected chi connectivity index (χ3v) is 3.79. The molecular weight excluding hydrogens is 238 g/mol. The second-order valence-electron chi connectivity index (χ2n) is 6.67. The van der Waals surface area contributed by atoms with Crippen molar-refractivity contribution in [3.63, 3.8) is 0 Å². The van der Waals surface area contributed by atoms with E-state index in [1.54, 1.807) is 13.8 Å². The average Bonchev–Trinajstić information content (AvgIpc) is 2.26. The van der Waals surface area contributed by atoms with E-state index in [0.29, 0.717) is 0 Å². The van der Waals surface area contributed by atoms with E-state index in [1.807, 2.05) is 24.9 Å². The number of aliphatic carboxylic acids is 1. The molecule has 0 radical (unpaired) electrons. The Morgan fingerprint density at radius 3 is 2.05 bits per heavy atom. The maximum atomic E-state index is 11.3. The van der Waals surface area contributed by atoms with E-state index in [4.69, 9.17) is 0 Å². The number of hydrogen-bond donors (Lipinski definition) is 1. The topological polar surface area (TPSA) is 40.5 Å². The molecule has 106 valence electrons. The van der Waals surface area contributed by atoms with Gasteiger partial charge >= 0.3 is 5.97 Å². The fourth-order valence-corrected chi connectivity index (χ4v) is 1.94. The van der Waals surface area contributed by atoms with Crippen LogP contribution >= 0.6 is 0 Å². The summed E-state index contributed by atoms with van der Waals surface area (Å²) in [6.07, 6.45) is 0. The quantitative estimate of drug-likeness (QED) is 0.906. The minimum Gasteiger partial charge on any atom is -0.480 e. The van der Waals surface area contributed by atoms with Crippen LogP contribution in [0.1, 0.15) is 45.7 Å². The second-order valence-corrected chi connectivity index (χ2v) is 6.67. The van der Waals surface area contributed by atoms with Gasteiger partial charge < -0.3 is 10.0 Å². The molecule has 3 nitrogen and oxygen atoms in total. The summed E-state index contributed by atoms with van der Waals surface area (Å²) in [7, 11) is 1.83. The fraction of sp³-hybridized carbons (Fsp3) is 0.562. The lowest BCUT2D eigenvalue weighted by Gasteiger charge is -2.35. The molecule has 0 aliphatic heterocycles. The van der Waals surface area contributed by atoms with Gasteiger partial charge in [-0.05, 0) is 43.4 Å². The molecule has 1 aromatic rings. The highest BCUT2D eigenvalue weighted by molar-refractivity contribution is 5.82. The van der Waals surface area contributed by atoms with Crippen LogP contribution in [-0.4, -0.2) is 23.7 Å². The molecule has 0 amide bonds. The molecule has 0 unspecified atom stereocenters. The van der Waals surface area contributed by atoms with E-state index in [1.165, 1.54) is 5.56 Å². The minimum atomic E-state index is -0.923. The molecule has 0 heterocycles. The van der Waals surface area contributed by atoms with Gasteiger partial charge in [0.1, 0.15) is 5.54 Å². The molecule has 3 heteroatoms. The molecule has 0 atom stereocenters. The normalized spacial score (nSPS) is 12.4. The van der Waals surface area contributed by atoms with Gasteiger partial charge in [0.25, 0.3) is 0 Å². The van der Waals surface area contributed by atoms with Gasteiger partial charge in [-0.3, -0.25) is 0 Å². The highest BCUT2D eigenvalue weighted by Crippen LogP contribution is 2.30. The van der Waals surface area contributed by atoms with Crippen LogP contribution in [0.4, 0.5) is 5.69 Å². The third kappa shape index (κ3) is 3.09. The first kappa shape index (κ1) is 15.5. The van der Waals surface area contributed by atoms with Crippen LogP contribution in [0.2, 0.25) is 0 Å². The number of nitrogens with zero attached hydrogens (tertiary/aromatic N) is 1. The monoisotopic (exact) mass is 263 g/mol. The smallest absolute Gasteiger partial charge is 0.328 e. The molecular formula is C16H25NO2. The van der Waals surface area contributed by atoms with Crippen molar-refractivity contribution < 1.29 is 9.90 Å². The van der Waals surface area contributed by atoms with Crippen molar-refractivity contribution in [2.24, 2.45) is 0 Å². The van der Waals surface area contributed by atoms with Gasteiger partial charge in [0.05, 0.1) is 0 Å². The number of anilines is 1. The zero-order valence-electron chi connectivity index (χ0n) is 13.0. The summed E-state index contributed by atoms with van der Waals surface area (Å²) in [5.41, 5.74) is 2.50. The number of carboxylic acids is 1. The summed E-state index contributed by atoms with van der Waals surface area (Å²) < 4.78 is 0. The summed E-state index contributed by atoms with van der Waals surface area (Å²) in [6, 6.07) is 6.24.